The molecular weight excluding hydrogens is 479 g/mol. The summed E-state index contributed by atoms with van der Waals surface area (Å²) in [6.07, 6.45) is 4.99. The van der Waals surface area contributed by atoms with Gasteiger partial charge in [-0.3, -0.25) is 14.5 Å². The van der Waals surface area contributed by atoms with E-state index >= 15 is 0 Å². The van der Waals surface area contributed by atoms with E-state index in [1.165, 1.54) is 32.1 Å². The van der Waals surface area contributed by atoms with Crippen LogP contribution in [0.25, 0.3) is 0 Å². The molecule has 0 radical (unpaired) electrons. The first-order chi connectivity index (χ1) is 16.9. The molecule has 8 nitrogen and oxygen atoms in total. The molecule has 0 aromatic rings. The number of nitrogens with one attached hydrogen (secondary N) is 1. The van der Waals surface area contributed by atoms with Crippen LogP contribution in [0, 0.1) is 29.1 Å². The zero-order valence-electron chi connectivity index (χ0n) is 20.7. The molecule has 4 bridgehead atoms. The molecule has 1 atom stereocenters. The van der Waals surface area contributed by atoms with Crippen LogP contribution in [0.1, 0.15) is 51.4 Å². The van der Waals surface area contributed by atoms with Gasteiger partial charge in [0.05, 0.1) is 25.1 Å². The van der Waals surface area contributed by atoms with Crippen LogP contribution >= 0.6 is 0 Å². The molecule has 2 N–H and O–H groups in total. The Morgan fingerprint density at radius 3 is 1.97 bits per heavy atom. The highest BCUT2D eigenvalue weighted by Crippen LogP contribution is 2.61. The predicted octanol–water partition coefficient (Wildman–Crippen LogP) is 2.27. The fraction of sp³-hybridized carbons (Fsp3) is 0.880. The van der Waals surface area contributed by atoms with Crippen molar-refractivity contribution >= 4 is 17.8 Å². The zero-order valence-corrected chi connectivity index (χ0v) is 20.7. The summed E-state index contributed by atoms with van der Waals surface area (Å²) in [5, 5.41) is 9.92. The van der Waals surface area contributed by atoms with Gasteiger partial charge in [0.25, 0.3) is 0 Å². The third-order valence-electron chi connectivity index (χ3n) is 9.20. The van der Waals surface area contributed by atoms with Gasteiger partial charge in [0.15, 0.2) is 0 Å². The standard InChI is InChI=1S/C23H35N3O3.C2HF3O2/c1-24-20(27)19-11-29-23(12-25(19)10-15-2-3-15)13-26(14-23)21(28)22-7-16-4-17(8-22)6-18(5-16)9-22;3-2(4,5)1(6)7/h15-19H,2-14H2,1H3,(H,24,27);(H,6,7). The number of morpholine rings is 1. The van der Waals surface area contributed by atoms with Crippen LogP contribution in [0.2, 0.25) is 0 Å². The first-order valence-electron chi connectivity index (χ1n) is 13.1. The number of carbonyl (C=O) groups excluding carboxylic acids is 2. The molecule has 0 aromatic heterocycles. The summed E-state index contributed by atoms with van der Waals surface area (Å²) in [6, 6.07) is -0.181. The number of carboxylic acid groups (broad SMARTS) is 1. The second-order valence-electron chi connectivity index (χ2n) is 12.2. The lowest BCUT2D eigenvalue weighted by atomic mass is 9.49. The van der Waals surface area contributed by atoms with E-state index in [1.807, 2.05) is 0 Å². The molecule has 36 heavy (non-hydrogen) atoms. The highest BCUT2D eigenvalue weighted by molar-refractivity contribution is 5.84. The van der Waals surface area contributed by atoms with E-state index in [0.29, 0.717) is 12.5 Å². The van der Waals surface area contributed by atoms with Gasteiger partial charge in [-0.2, -0.15) is 13.2 Å². The van der Waals surface area contributed by atoms with Crippen LogP contribution in [0.15, 0.2) is 0 Å². The summed E-state index contributed by atoms with van der Waals surface area (Å²) >= 11 is 0. The SMILES string of the molecule is CNC(=O)C1COC2(CN(C(=O)C34CC5CC(CC(C5)C3)C4)C2)CN1CC1CC1.O=C(O)C(F)(F)F. The number of alkyl halides is 3. The van der Waals surface area contributed by atoms with Crippen LogP contribution in [0.3, 0.4) is 0 Å². The molecule has 2 aliphatic heterocycles. The summed E-state index contributed by atoms with van der Waals surface area (Å²) in [6.45, 7) is 3.66. The number of likely N-dealkylation sites (N-methyl/N-ethyl adjacent to an activating group) is 1. The average Bonchev–Trinajstić information content (AvgIpc) is 3.59. The van der Waals surface area contributed by atoms with Crippen molar-refractivity contribution in [2.75, 3.05) is 39.8 Å². The van der Waals surface area contributed by atoms with Crippen molar-refractivity contribution in [2.45, 2.75) is 69.2 Å². The molecule has 2 heterocycles. The Balaban J connectivity index is 0.000000338. The predicted molar refractivity (Wildman–Crippen MR) is 122 cm³/mol. The fourth-order valence-electron chi connectivity index (χ4n) is 7.81. The van der Waals surface area contributed by atoms with Crippen molar-refractivity contribution < 1.29 is 37.4 Å². The van der Waals surface area contributed by atoms with E-state index in [4.69, 9.17) is 14.6 Å². The smallest absolute Gasteiger partial charge is 0.475 e. The minimum Gasteiger partial charge on any atom is -0.475 e. The minimum atomic E-state index is -5.08. The third kappa shape index (κ3) is 4.97. The highest BCUT2D eigenvalue weighted by Gasteiger charge is 2.59. The van der Waals surface area contributed by atoms with E-state index in [2.05, 4.69) is 15.1 Å². The topological polar surface area (TPSA) is 99.2 Å². The molecule has 11 heteroatoms. The van der Waals surface area contributed by atoms with Crippen LogP contribution in [0.4, 0.5) is 13.2 Å². The molecule has 7 fully saturated rings. The third-order valence-corrected chi connectivity index (χ3v) is 9.20. The molecule has 1 spiro atoms. The Morgan fingerprint density at radius 1 is 1.00 bits per heavy atom. The summed E-state index contributed by atoms with van der Waals surface area (Å²) in [7, 11) is 1.71. The van der Waals surface area contributed by atoms with E-state index in [0.717, 1.165) is 69.1 Å². The maximum absolute atomic E-state index is 13.6. The largest absolute Gasteiger partial charge is 0.490 e. The average molecular weight is 516 g/mol. The van der Waals surface area contributed by atoms with Crippen LogP contribution in [0.5, 0.6) is 0 Å². The Kier molecular flexibility index (Phi) is 6.54. The van der Waals surface area contributed by atoms with E-state index < -0.39 is 12.1 Å². The first kappa shape index (κ1) is 25.8. The maximum atomic E-state index is 13.6. The molecule has 5 aliphatic carbocycles. The number of hydrogen-bond donors (Lipinski definition) is 2. The molecule has 0 aromatic carbocycles. The van der Waals surface area contributed by atoms with Crippen molar-refractivity contribution in [1.82, 2.24) is 15.1 Å². The summed E-state index contributed by atoms with van der Waals surface area (Å²) in [5.74, 6) is 0.861. The summed E-state index contributed by atoms with van der Waals surface area (Å²) in [5.41, 5.74) is -0.305. The van der Waals surface area contributed by atoms with Crippen molar-refractivity contribution in [2.24, 2.45) is 29.1 Å². The minimum absolute atomic E-state index is 0.0522. The maximum Gasteiger partial charge on any atom is 0.490 e. The number of halogens is 3. The molecule has 2 saturated heterocycles. The van der Waals surface area contributed by atoms with Crippen molar-refractivity contribution in [3.8, 4) is 0 Å². The number of nitrogens with zero attached hydrogens (tertiary/aromatic N) is 2. The van der Waals surface area contributed by atoms with Gasteiger partial charge in [-0.15, -0.1) is 0 Å². The van der Waals surface area contributed by atoms with Gasteiger partial charge >= 0.3 is 12.1 Å². The highest BCUT2D eigenvalue weighted by atomic mass is 19.4. The lowest BCUT2D eigenvalue weighted by molar-refractivity contribution is -0.213. The number of carbonyl (C=O) groups is 3. The molecule has 5 saturated carbocycles. The van der Waals surface area contributed by atoms with E-state index in [9.17, 15) is 22.8 Å². The molecule has 1 unspecified atom stereocenters. The first-order valence-corrected chi connectivity index (χ1v) is 13.1. The molecule has 2 amide bonds. The van der Waals surface area contributed by atoms with Crippen molar-refractivity contribution in [1.29, 1.82) is 0 Å². The quantitative estimate of drug-likeness (QED) is 0.596. The number of likely N-dealkylation sites (tertiary alicyclic amines) is 1. The number of rotatable bonds is 4. The van der Waals surface area contributed by atoms with E-state index in [1.54, 1.807) is 7.05 Å². The number of hydrogen-bond acceptors (Lipinski definition) is 5. The van der Waals surface area contributed by atoms with Crippen LogP contribution in [-0.4, -0.2) is 90.3 Å². The number of aliphatic carboxylic acids is 1. The van der Waals surface area contributed by atoms with Gasteiger partial charge in [0.1, 0.15) is 11.6 Å². The van der Waals surface area contributed by atoms with Gasteiger partial charge in [-0.1, -0.05) is 0 Å². The van der Waals surface area contributed by atoms with Gasteiger partial charge in [-0.25, -0.2) is 4.79 Å². The zero-order chi connectivity index (χ0) is 25.9. The fourth-order valence-corrected chi connectivity index (χ4v) is 7.81. The van der Waals surface area contributed by atoms with Crippen LogP contribution < -0.4 is 5.32 Å². The van der Waals surface area contributed by atoms with Crippen molar-refractivity contribution in [3.63, 3.8) is 0 Å². The second kappa shape index (κ2) is 9.15. The molecule has 7 rings (SSSR count). The van der Waals surface area contributed by atoms with Gasteiger partial charge in [-0.05, 0) is 75.0 Å². The molecule has 7 aliphatic rings. The normalized spacial score (nSPS) is 36.6. The Hall–Kier alpha value is -1.88. The lowest BCUT2D eigenvalue weighted by Crippen LogP contribution is -2.75. The lowest BCUT2D eigenvalue weighted by Gasteiger charge is -2.60. The Labute approximate surface area is 208 Å². The second-order valence-corrected chi connectivity index (χ2v) is 12.2. The van der Waals surface area contributed by atoms with Crippen molar-refractivity contribution in [3.05, 3.63) is 0 Å². The summed E-state index contributed by atoms with van der Waals surface area (Å²) < 4.78 is 38.0. The Bertz CT molecular complexity index is 865. The van der Waals surface area contributed by atoms with Gasteiger partial charge in [0, 0.05) is 20.1 Å². The number of amides is 2. The molecule has 202 valence electrons. The van der Waals surface area contributed by atoms with Gasteiger partial charge < -0.3 is 20.1 Å². The number of carboxylic acids is 1. The number of ether oxygens (including phenoxy) is 1. The van der Waals surface area contributed by atoms with Crippen LogP contribution in [-0.2, 0) is 19.1 Å². The summed E-state index contributed by atoms with van der Waals surface area (Å²) in [4.78, 5) is 39.3. The van der Waals surface area contributed by atoms with E-state index in [-0.39, 0.29) is 23.0 Å². The Morgan fingerprint density at radius 2 is 1.53 bits per heavy atom. The monoisotopic (exact) mass is 515 g/mol. The van der Waals surface area contributed by atoms with Gasteiger partial charge in [0.2, 0.25) is 11.8 Å². The molecular formula is C25H36F3N3O5.